The van der Waals surface area contributed by atoms with Crippen LogP contribution in [0.5, 0.6) is 0 Å². The zero-order valence-electron chi connectivity index (χ0n) is 21.0. The number of hydrogen-bond acceptors (Lipinski definition) is 8. The lowest BCUT2D eigenvalue weighted by Crippen LogP contribution is -2.37. The average molecular weight is 537 g/mol. The number of carbonyl (C=O) groups excluding carboxylic acids is 1. The van der Waals surface area contributed by atoms with Gasteiger partial charge in [-0.05, 0) is 56.9 Å². The number of morpholine rings is 1. The minimum Gasteiger partial charge on any atom is -0.378 e. The number of amides is 2. The first kappa shape index (κ1) is 24.6. The maximum absolute atomic E-state index is 12.1. The van der Waals surface area contributed by atoms with Crippen molar-refractivity contribution in [3.8, 4) is 11.4 Å². The standard InChI is InChI=1S/C27H32N6O2S2/c1-18-17-36-26(28-18)37-27(10-2-3-11-27)22-16-23(33-12-14-35-15-13-33)32-24(31-22)19-4-6-20(7-5-19)29-25(34)30-21-8-9-21/h4-7,16-17,21H,2-3,8-15H2,1H3,(H2,29,30,34). The Balaban J connectivity index is 1.33. The molecule has 2 amide bonds. The summed E-state index contributed by atoms with van der Waals surface area (Å²) < 4.78 is 6.60. The molecule has 2 aromatic heterocycles. The lowest BCUT2D eigenvalue weighted by molar-refractivity contribution is 0.122. The Kier molecular flexibility index (Phi) is 7.05. The van der Waals surface area contributed by atoms with Crippen molar-refractivity contribution >= 4 is 40.6 Å². The first-order valence-corrected chi connectivity index (χ1v) is 14.8. The van der Waals surface area contributed by atoms with Crippen LogP contribution in [0.4, 0.5) is 16.3 Å². The number of aryl methyl sites for hydroxylation is 1. The zero-order chi connectivity index (χ0) is 25.2. The normalized spacial score (nSPS) is 19.1. The predicted octanol–water partition coefficient (Wildman–Crippen LogP) is 5.59. The summed E-state index contributed by atoms with van der Waals surface area (Å²) in [6.07, 6.45) is 6.66. The van der Waals surface area contributed by atoms with Gasteiger partial charge in [-0.3, -0.25) is 0 Å². The summed E-state index contributed by atoms with van der Waals surface area (Å²) in [5.41, 5.74) is 3.85. The van der Waals surface area contributed by atoms with Crippen LogP contribution in [0.3, 0.4) is 0 Å². The number of rotatable bonds is 7. The Morgan fingerprint density at radius 2 is 1.86 bits per heavy atom. The molecule has 194 valence electrons. The summed E-state index contributed by atoms with van der Waals surface area (Å²) in [4.78, 5) is 29.4. The Morgan fingerprint density at radius 3 is 2.54 bits per heavy atom. The second-order valence-corrected chi connectivity index (χ2v) is 12.5. The smallest absolute Gasteiger partial charge is 0.319 e. The monoisotopic (exact) mass is 536 g/mol. The minimum absolute atomic E-state index is 0.106. The number of hydrogen-bond donors (Lipinski definition) is 2. The maximum Gasteiger partial charge on any atom is 0.319 e. The highest BCUT2D eigenvalue weighted by molar-refractivity contribution is 8.01. The average Bonchev–Trinajstić information content (AvgIpc) is 3.43. The molecule has 8 nitrogen and oxygen atoms in total. The van der Waals surface area contributed by atoms with Crippen molar-refractivity contribution < 1.29 is 9.53 Å². The summed E-state index contributed by atoms with van der Waals surface area (Å²) in [5, 5.41) is 8.01. The number of nitrogens with zero attached hydrogens (tertiary/aromatic N) is 4. The van der Waals surface area contributed by atoms with Gasteiger partial charge >= 0.3 is 6.03 Å². The molecule has 0 spiro atoms. The van der Waals surface area contributed by atoms with E-state index in [1.807, 2.05) is 36.0 Å². The van der Waals surface area contributed by atoms with E-state index < -0.39 is 0 Å². The Bertz CT molecular complexity index is 1250. The summed E-state index contributed by atoms with van der Waals surface area (Å²) >= 11 is 3.59. The molecule has 6 rings (SSSR count). The van der Waals surface area contributed by atoms with Crippen LogP contribution in [-0.4, -0.2) is 53.3 Å². The minimum atomic E-state index is -0.152. The highest BCUT2D eigenvalue weighted by Gasteiger charge is 2.40. The number of benzene rings is 1. The summed E-state index contributed by atoms with van der Waals surface area (Å²) in [6.45, 7) is 5.10. The van der Waals surface area contributed by atoms with E-state index in [2.05, 4.69) is 33.9 Å². The van der Waals surface area contributed by atoms with Crippen molar-refractivity contribution in [1.29, 1.82) is 0 Å². The van der Waals surface area contributed by atoms with E-state index in [4.69, 9.17) is 19.7 Å². The molecule has 1 aliphatic heterocycles. The molecule has 1 saturated heterocycles. The van der Waals surface area contributed by atoms with Gasteiger partial charge in [-0.2, -0.15) is 0 Å². The van der Waals surface area contributed by atoms with Crippen LogP contribution < -0.4 is 15.5 Å². The third-order valence-electron chi connectivity index (χ3n) is 7.12. The SMILES string of the molecule is Cc1csc(SC2(c3cc(N4CCOCC4)nc(-c4ccc(NC(=O)NC5CC5)cc4)n3)CCCC2)n1. The Labute approximate surface area is 225 Å². The van der Waals surface area contributed by atoms with Crippen molar-refractivity contribution in [3.63, 3.8) is 0 Å². The zero-order valence-corrected chi connectivity index (χ0v) is 22.7. The number of nitrogens with one attached hydrogen (secondary N) is 2. The van der Waals surface area contributed by atoms with Gasteiger partial charge in [0, 0.05) is 47.5 Å². The van der Waals surface area contributed by atoms with Crippen LogP contribution in [-0.2, 0) is 9.48 Å². The van der Waals surface area contributed by atoms with E-state index in [0.29, 0.717) is 19.3 Å². The topological polar surface area (TPSA) is 92.3 Å². The molecule has 0 bridgehead atoms. The third-order valence-corrected chi connectivity index (χ3v) is 9.68. The summed E-state index contributed by atoms with van der Waals surface area (Å²) in [5.74, 6) is 1.67. The van der Waals surface area contributed by atoms with Gasteiger partial charge in [0.2, 0.25) is 0 Å². The molecule has 2 N–H and O–H groups in total. The number of thioether (sulfide) groups is 1. The number of urea groups is 1. The van der Waals surface area contributed by atoms with Crippen molar-refractivity contribution in [1.82, 2.24) is 20.3 Å². The van der Waals surface area contributed by atoms with Gasteiger partial charge in [-0.15, -0.1) is 11.3 Å². The number of ether oxygens (including phenoxy) is 1. The van der Waals surface area contributed by atoms with E-state index >= 15 is 0 Å². The van der Waals surface area contributed by atoms with E-state index in [0.717, 1.165) is 77.4 Å². The van der Waals surface area contributed by atoms with Crippen LogP contribution >= 0.6 is 23.1 Å². The van der Waals surface area contributed by atoms with E-state index in [1.165, 1.54) is 12.8 Å². The number of aromatic nitrogens is 3. The second kappa shape index (κ2) is 10.6. The first-order valence-electron chi connectivity index (χ1n) is 13.1. The Morgan fingerprint density at radius 1 is 1.11 bits per heavy atom. The number of carbonyl (C=O) groups is 1. The van der Waals surface area contributed by atoms with Gasteiger partial charge in [0.25, 0.3) is 0 Å². The fraction of sp³-hybridized carbons (Fsp3) is 0.481. The highest BCUT2D eigenvalue weighted by atomic mass is 32.2. The van der Waals surface area contributed by atoms with Crippen LogP contribution in [0.2, 0.25) is 0 Å². The van der Waals surface area contributed by atoms with Gasteiger partial charge in [0.15, 0.2) is 10.2 Å². The summed E-state index contributed by atoms with van der Waals surface area (Å²) in [6, 6.07) is 10.2. The lowest BCUT2D eigenvalue weighted by Gasteiger charge is -2.31. The molecule has 0 atom stereocenters. The van der Waals surface area contributed by atoms with Crippen molar-refractivity contribution in [2.24, 2.45) is 0 Å². The van der Waals surface area contributed by atoms with Crippen LogP contribution in [0.15, 0.2) is 40.1 Å². The van der Waals surface area contributed by atoms with E-state index in [1.54, 1.807) is 11.3 Å². The second-order valence-electron chi connectivity index (χ2n) is 10.0. The van der Waals surface area contributed by atoms with Crippen LogP contribution in [0.25, 0.3) is 11.4 Å². The maximum atomic E-state index is 12.1. The molecule has 3 heterocycles. The van der Waals surface area contributed by atoms with E-state index in [9.17, 15) is 4.79 Å². The van der Waals surface area contributed by atoms with Gasteiger partial charge in [0.05, 0.1) is 23.7 Å². The molecule has 1 aromatic carbocycles. The number of anilines is 2. The molecule has 10 heteroatoms. The predicted molar refractivity (Wildman–Crippen MR) is 149 cm³/mol. The lowest BCUT2D eigenvalue weighted by atomic mass is 10.0. The fourth-order valence-corrected chi connectivity index (χ4v) is 7.50. The summed E-state index contributed by atoms with van der Waals surface area (Å²) in [7, 11) is 0. The molecular formula is C27H32N6O2S2. The Hall–Kier alpha value is -2.69. The van der Waals surface area contributed by atoms with Crippen LogP contribution in [0.1, 0.15) is 49.9 Å². The van der Waals surface area contributed by atoms with Gasteiger partial charge < -0.3 is 20.3 Å². The third kappa shape index (κ3) is 5.76. The molecule has 0 unspecified atom stereocenters. The molecule has 0 radical (unpaired) electrons. The van der Waals surface area contributed by atoms with Gasteiger partial charge in [-0.1, -0.05) is 24.6 Å². The highest BCUT2D eigenvalue weighted by Crippen LogP contribution is 2.53. The van der Waals surface area contributed by atoms with Crippen molar-refractivity contribution in [3.05, 3.63) is 47.1 Å². The molecule has 2 saturated carbocycles. The molecule has 3 aliphatic rings. The molecule has 37 heavy (non-hydrogen) atoms. The van der Waals surface area contributed by atoms with Crippen LogP contribution in [0, 0.1) is 6.92 Å². The molecule has 2 aliphatic carbocycles. The first-order chi connectivity index (χ1) is 18.1. The van der Waals surface area contributed by atoms with E-state index in [-0.39, 0.29) is 10.8 Å². The fourth-order valence-electron chi connectivity index (χ4n) is 4.94. The number of thiazole rings is 1. The molecule has 3 aromatic rings. The van der Waals surface area contributed by atoms with Gasteiger partial charge in [-0.25, -0.2) is 19.7 Å². The molecule has 3 fully saturated rings. The molecular weight excluding hydrogens is 504 g/mol. The largest absolute Gasteiger partial charge is 0.378 e. The van der Waals surface area contributed by atoms with Crippen molar-refractivity contribution in [2.45, 2.75) is 60.6 Å². The van der Waals surface area contributed by atoms with Gasteiger partial charge in [0.1, 0.15) is 5.82 Å². The quantitative estimate of drug-likeness (QED) is 0.407. The van der Waals surface area contributed by atoms with Crippen molar-refractivity contribution in [2.75, 3.05) is 36.5 Å².